The molecule has 8 heavy (non-hydrogen) atoms. The van der Waals surface area contributed by atoms with Crippen molar-refractivity contribution < 1.29 is 9.47 Å². The fourth-order valence-electron chi connectivity index (χ4n) is 0.287. The molecule has 0 N–H and O–H groups in total. The van der Waals surface area contributed by atoms with Gasteiger partial charge < -0.3 is 9.47 Å². The molecule has 0 atom stereocenters. The topological polar surface area (TPSA) is 18.5 Å². The van der Waals surface area contributed by atoms with Crippen molar-refractivity contribution in [2.45, 2.75) is 20.8 Å². The zero-order chi connectivity index (χ0) is 5.54. The van der Waals surface area contributed by atoms with E-state index < -0.39 is 0 Å². The van der Waals surface area contributed by atoms with Gasteiger partial charge in [0.05, 0.1) is 0 Å². The highest BCUT2D eigenvalue weighted by Crippen LogP contribution is 1.77. The lowest BCUT2D eigenvalue weighted by Gasteiger charge is -1.96. The highest BCUT2D eigenvalue weighted by molar-refractivity contribution is 4.17. The summed E-state index contributed by atoms with van der Waals surface area (Å²) in [5, 5.41) is 0. The first kappa shape index (κ1) is 10.8. The van der Waals surface area contributed by atoms with Crippen LogP contribution in [0.5, 0.6) is 0 Å². The van der Waals surface area contributed by atoms with E-state index in [2.05, 4.69) is 11.7 Å². The lowest BCUT2D eigenvalue weighted by atomic mass is 10.5. The fraction of sp³-hybridized carbons (Fsp3) is 1.00. The molecular formula is C6H16O2. The number of hydrogen-bond acceptors (Lipinski definition) is 2. The van der Waals surface area contributed by atoms with Gasteiger partial charge in [-0.1, -0.05) is 14.4 Å². The quantitative estimate of drug-likeness (QED) is 0.415. The van der Waals surface area contributed by atoms with E-state index in [0.29, 0.717) is 6.79 Å². The van der Waals surface area contributed by atoms with Gasteiger partial charge in [-0.3, -0.25) is 0 Å². The lowest BCUT2D eigenvalue weighted by molar-refractivity contribution is -0.0300. The molecule has 0 fully saturated rings. The predicted molar refractivity (Wildman–Crippen MR) is 34.8 cm³/mol. The molecule has 0 aliphatic rings. The third-order valence-corrected chi connectivity index (χ3v) is 0.550. The SMILES string of the molecule is C.CCCOCOC. The van der Waals surface area contributed by atoms with Gasteiger partial charge in [-0.05, 0) is 6.42 Å². The van der Waals surface area contributed by atoms with Crippen molar-refractivity contribution in [1.82, 2.24) is 0 Å². The van der Waals surface area contributed by atoms with Gasteiger partial charge in [0.25, 0.3) is 0 Å². The summed E-state index contributed by atoms with van der Waals surface area (Å²) >= 11 is 0. The molecule has 0 saturated carbocycles. The maximum absolute atomic E-state index is 4.91. The summed E-state index contributed by atoms with van der Waals surface area (Å²) in [6.07, 6.45) is 1.06. The molecule has 52 valence electrons. The fourth-order valence-corrected chi connectivity index (χ4v) is 0.287. The molecule has 0 bridgehead atoms. The summed E-state index contributed by atoms with van der Waals surface area (Å²) in [5.41, 5.74) is 0. The molecule has 0 aromatic rings. The van der Waals surface area contributed by atoms with E-state index in [4.69, 9.17) is 4.74 Å². The zero-order valence-corrected chi connectivity index (χ0v) is 4.94. The predicted octanol–water partition coefficient (Wildman–Crippen LogP) is 1.65. The highest BCUT2D eigenvalue weighted by atomic mass is 16.7. The smallest absolute Gasteiger partial charge is 0.146 e. The average molecular weight is 120 g/mol. The van der Waals surface area contributed by atoms with Gasteiger partial charge in [-0.2, -0.15) is 0 Å². The van der Waals surface area contributed by atoms with Crippen LogP contribution in [0.15, 0.2) is 0 Å². The Hall–Kier alpha value is -0.0800. The molecule has 0 unspecified atom stereocenters. The van der Waals surface area contributed by atoms with E-state index in [-0.39, 0.29) is 7.43 Å². The van der Waals surface area contributed by atoms with Gasteiger partial charge >= 0.3 is 0 Å². The van der Waals surface area contributed by atoms with E-state index >= 15 is 0 Å². The van der Waals surface area contributed by atoms with Crippen molar-refractivity contribution in [3.05, 3.63) is 0 Å². The Morgan fingerprint density at radius 2 is 2.00 bits per heavy atom. The summed E-state index contributed by atoms with van der Waals surface area (Å²) in [6.45, 7) is 3.29. The molecule has 0 radical (unpaired) electrons. The second-order valence-electron chi connectivity index (χ2n) is 1.31. The monoisotopic (exact) mass is 120 g/mol. The van der Waals surface area contributed by atoms with Crippen LogP contribution in [0, 0.1) is 0 Å². The van der Waals surface area contributed by atoms with Crippen molar-refractivity contribution in [2.75, 3.05) is 20.5 Å². The minimum atomic E-state index is 0. The van der Waals surface area contributed by atoms with Crippen LogP contribution >= 0.6 is 0 Å². The lowest BCUT2D eigenvalue weighted by Crippen LogP contribution is -1.95. The van der Waals surface area contributed by atoms with Crippen molar-refractivity contribution in [3.8, 4) is 0 Å². The van der Waals surface area contributed by atoms with E-state index in [1.165, 1.54) is 0 Å². The maximum atomic E-state index is 4.91. The third kappa shape index (κ3) is 9.33. The van der Waals surface area contributed by atoms with Crippen molar-refractivity contribution in [2.24, 2.45) is 0 Å². The van der Waals surface area contributed by atoms with E-state index in [9.17, 15) is 0 Å². The van der Waals surface area contributed by atoms with Crippen molar-refractivity contribution in [3.63, 3.8) is 0 Å². The summed E-state index contributed by atoms with van der Waals surface area (Å²) in [7, 11) is 1.62. The number of ether oxygens (including phenoxy) is 2. The first-order valence-electron chi connectivity index (χ1n) is 2.48. The second-order valence-corrected chi connectivity index (χ2v) is 1.31. The average Bonchev–Trinajstić information content (AvgIpc) is 1.69. The maximum Gasteiger partial charge on any atom is 0.146 e. The molecule has 0 aliphatic heterocycles. The normalized spacial score (nSPS) is 8.25. The van der Waals surface area contributed by atoms with Crippen LogP contribution in [0.1, 0.15) is 20.8 Å². The zero-order valence-electron chi connectivity index (χ0n) is 4.94. The van der Waals surface area contributed by atoms with Gasteiger partial charge in [-0.25, -0.2) is 0 Å². The number of hydrogen-bond donors (Lipinski definition) is 0. The van der Waals surface area contributed by atoms with E-state index in [1.54, 1.807) is 7.11 Å². The Morgan fingerprint density at radius 1 is 1.38 bits per heavy atom. The van der Waals surface area contributed by atoms with Crippen LogP contribution in [0.25, 0.3) is 0 Å². The van der Waals surface area contributed by atoms with Crippen LogP contribution in [-0.4, -0.2) is 20.5 Å². The first-order chi connectivity index (χ1) is 3.41. The highest BCUT2D eigenvalue weighted by Gasteiger charge is 1.77. The summed E-state index contributed by atoms with van der Waals surface area (Å²) in [4.78, 5) is 0. The largest absolute Gasteiger partial charge is 0.359 e. The first-order valence-corrected chi connectivity index (χ1v) is 2.48. The molecule has 2 heteroatoms. The van der Waals surface area contributed by atoms with Crippen LogP contribution < -0.4 is 0 Å². The van der Waals surface area contributed by atoms with Gasteiger partial charge in [0.1, 0.15) is 6.79 Å². The van der Waals surface area contributed by atoms with Crippen LogP contribution in [-0.2, 0) is 9.47 Å². The number of methoxy groups -OCH3 is 1. The van der Waals surface area contributed by atoms with Crippen LogP contribution in [0.2, 0.25) is 0 Å². The molecule has 0 aromatic carbocycles. The molecule has 0 saturated heterocycles. The summed E-state index contributed by atoms with van der Waals surface area (Å²) < 4.78 is 9.53. The van der Waals surface area contributed by atoms with Gasteiger partial charge in [0, 0.05) is 13.7 Å². The van der Waals surface area contributed by atoms with Crippen molar-refractivity contribution >= 4 is 0 Å². The standard InChI is InChI=1S/C5H12O2.CH4/c1-3-4-7-5-6-2;/h3-5H2,1-2H3;1H4. The molecule has 0 spiro atoms. The van der Waals surface area contributed by atoms with Crippen LogP contribution in [0.3, 0.4) is 0 Å². The Labute approximate surface area is 51.8 Å². The van der Waals surface area contributed by atoms with Gasteiger partial charge in [-0.15, -0.1) is 0 Å². The Bertz CT molecular complexity index is 25.7. The Kier molecular flexibility index (Phi) is 13.6. The molecule has 0 rings (SSSR count). The molecule has 0 aliphatic carbocycles. The molecule has 2 nitrogen and oxygen atoms in total. The molecule has 0 heterocycles. The third-order valence-electron chi connectivity index (χ3n) is 0.550. The minimum Gasteiger partial charge on any atom is -0.359 e. The van der Waals surface area contributed by atoms with Gasteiger partial charge in [0.15, 0.2) is 0 Å². The second kappa shape index (κ2) is 10.0. The van der Waals surface area contributed by atoms with E-state index in [1.807, 2.05) is 0 Å². The van der Waals surface area contributed by atoms with Crippen LogP contribution in [0.4, 0.5) is 0 Å². The molecular weight excluding hydrogens is 104 g/mol. The Morgan fingerprint density at radius 3 is 2.38 bits per heavy atom. The van der Waals surface area contributed by atoms with Gasteiger partial charge in [0.2, 0.25) is 0 Å². The summed E-state index contributed by atoms with van der Waals surface area (Å²) in [6, 6.07) is 0. The van der Waals surface area contributed by atoms with Crippen molar-refractivity contribution in [1.29, 1.82) is 0 Å². The molecule has 0 aromatic heterocycles. The number of rotatable bonds is 4. The minimum absolute atomic E-state index is 0. The molecule has 0 amide bonds. The van der Waals surface area contributed by atoms with E-state index in [0.717, 1.165) is 13.0 Å². The Balaban J connectivity index is 0. The summed E-state index contributed by atoms with van der Waals surface area (Å²) in [5.74, 6) is 0.